The lowest BCUT2D eigenvalue weighted by Crippen LogP contribution is -1.98. The van der Waals surface area contributed by atoms with Crippen LogP contribution in [0, 0.1) is 5.82 Å². The Morgan fingerprint density at radius 1 is 1.39 bits per heavy atom. The van der Waals surface area contributed by atoms with E-state index in [4.69, 9.17) is 0 Å². The number of fused-ring (bicyclic) bond motifs is 1. The van der Waals surface area contributed by atoms with Gasteiger partial charge in [0.05, 0.1) is 9.35 Å². The smallest absolute Gasteiger partial charge is 0.196 e. The van der Waals surface area contributed by atoms with Crippen molar-refractivity contribution in [3.8, 4) is 0 Å². The molecule has 0 aliphatic heterocycles. The van der Waals surface area contributed by atoms with Crippen molar-refractivity contribution in [1.29, 1.82) is 0 Å². The molecular formula is C13H7BrFNOS. The summed E-state index contributed by atoms with van der Waals surface area (Å²) in [6, 6.07) is 6.46. The minimum Gasteiger partial charge on any atom is -0.360 e. The first-order valence-electron chi connectivity index (χ1n) is 5.21. The second-order valence-electron chi connectivity index (χ2n) is 3.83. The van der Waals surface area contributed by atoms with E-state index in [2.05, 4.69) is 20.9 Å². The highest BCUT2D eigenvalue weighted by Crippen LogP contribution is 2.27. The molecule has 0 atom stereocenters. The van der Waals surface area contributed by atoms with E-state index in [1.807, 2.05) is 0 Å². The average molecular weight is 324 g/mol. The number of carbonyl (C=O) groups is 1. The number of hydrogen-bond acceptors (Lipinski definition) is 2. The molecule has 5 heteroatoms. The van der Waals surface area contributed by atoms with Crippen molar-refractivity contribution in [2.24, 2.45) is 0 Å². The zero-order chi connectivity index (χ0) is 12.7. The molecule has 2 aromatic heterocycles. The monoisotopic (exact) mass is 323 g/mol. The quantitative estimate of drug-likeness (QED) is 0.698. The van der Waals surface area contributed by atoms with Crippen LogP contribution in [0.4, 0.5) is 4.39 Å². The summed E-state index contributed by atoms with van der Waals surface area (Å²) in [6.45, 7) is 0. The number of rotatable bonds is 2. The van der Waals surface area contributed by atoms with Gasteiger partial charge < -0.3 is 4.98 Å². The lowest BCUT2D eigenvalue weighted by molar-refractivity contribution is 0.104. The average Bonchev–Trinajstić information content (AvgIpc) is 2.95. The number of nitrogens with one attached hydrogen (secondary N) is 1. The van der Waals surface area contributed by atoms with Gasteiger partial charge in [0.2, 0.25) is 0 Å². The van der Waals surface area contributed by atoms with Crippen molar-refractivity contribution in [2.45, 2.75) is 0 Å². The number of ketones is 1. The van der Waals surface area contributed by atoms with Crippen LogP contribution in [0.1, 0.15) is 15.9 Å². The second kappa shape index (κ2) is 4.33. The van der Waals surface area contributed by atoms with Crippen molar-refractivity contribution in [3.63, 3.8) is 0 Å². The van der Waals surface area contributed by atoms with Gasteiger partial charge in [-0.3, -0.25) is 4.79 Å². The zero-order valence-corrected chi connectivity index (χ0v) is 11.4. The van der Waals surface area contributed by atoms with Crippen molar-refractivity contribution < 1.29 is 9.18 Å². The third kappa shape index (κ3) is 1.79. The Labute approximate surface area is 115 Å². The van der Waals surface area contributed by atoms with Gasteiger partial charge in [-0.05, 0) is 34.1 Å². The number of benzene rings is 1. The number of aromatic nitrogens is 1. The van der Waals surface area contributed by atoms with Crippen LogP contribution in [0.5, 0.6) is 0 Å². The topological polar surface area (TPSA) is 32.9 Å². The predicted octanol–water partition coefficient (Wildman–Crippen LogP) is 4.36. The maximum absolute atomic E-state index is 13.8. The van der Waals surface area contributed by atoms with Gasteiger partial charge in [0.1, 0.15) is 5.82 Å². The molecule has 0 unspecified atom stereocenters. The highest BCUT2D eigenvalue weighted by atomic mass is 79.9. The summed E-state index contributed by atoms with van der Waals surface area (Å²) >= 11 is 4.74. The standard InChI is InChI=1S/C13H7BrFNOS/c14-11-4-7(6-18-11)13(17)8-5-16-10-3-1-2-9(15)12(8)10/h1-6,16H. The molecule has 0 saturated carbocycles. The van der Waals surface area contributed by atoms with Crippen molar-refractivity contribution in [2.75, 3.05) is 0 Å². The Hall–Kier alpha value is -1.46. The van der Waals surface area contributed by atoms with Gasteiger partial charge in [-0.2, -0.15) is 0 Å². The van der Waals surface area contributed by atoms with Crippen molar-refractivity contribution in [3.05, 3.63) is 56.6 Å². The SMILES string of the molecule is O=C(c1csc(Br)c1)c1c[nH]c2cccc(F)c12. The Kier molecular flexibility index (Phi) is 2.80. The molecule has 0 aliphatic carbocycles. The second-order valence-corrected chi connectivity index (χ2v) is 6.12. The number of thiophene rings is 1. The van der Waals surface area contributed by atoms with Crippen LogP contribution in [0.15, 0.2) is 39.6 Å². The van der Waals surface area contributed by atoms with Gasteiger partial charge in [0.15, 0.2) is 5.78 Å². The Morgan fingerprint density at radius 2 is 2.22 bits per heavy atom. The van der Waals surface area contributed by atoms with Crippen LogP contribution >= 0.6 is 27.3 Å². The largest absolute Gasteiger partial charge is 0.360 e. The number of hydrogen-bond donors (Lipinski definition) is 1. The maximum Gasteiger partial charge on any atom is 0.196 e. The van der Waals surface area contributed by atoms with Crippen LogP contribution in [0.25, 0.3) is 10.9 Å². The van der Waals surface area contributed by atoms with E-state index in [0.29, 0.717) is 22.0 Å². The molecule has 2 nitrogen and oxygen atoms in total. The van der Waals surface area contributed by atoms with Crippen LogP contribution in [0.2, 0.25) is 0 Å². The number of halogens is 2. The predicted molar refractivity (Wildman–Crippen MR) is 73.7 cm³/mol. The molecule has 0 amide bonds. The van der Waals surface area contributed by atoms with E-state index in [0.717, 1.165) is 3.79 Å². The Balaban J connectivity index is 2.18. The first-order valence-corrected chi connectivity index (χ1v) is 6.88. The summed E-state index contributed by atoms with van der Waals surface area (Å²) in [7, 11) is 0. The van der Waals surface area contributed by atoms with E-state index in [1.54, 1.807) is 29.8 Å². The minimum atomic E-state index is -0.383. The zero-order valence-electron chi connectivity index (χ0n) is 9.04. The summed E-state index contributed by atoms with van der Waals surface area (Å²) < 4.78 is 14.7. The molecule has 1 aromatic carbocycles. The lowest BCUT2D eigenvalue weighted by atomic mass is 10.1. The van der Waals surface area contributed by atoms with Crippen molar-refractivity contribution in [1.82, 2.24) is 4.98 Å². The van der Waals surface area contributed by atoms with E-state index in [9.17, 15) is 9.18 Å². The molecule has 0 bridgehead atoms. The van der Waals surface area contributed by atoms with E-state index in [1.165, 1.54) is 17.4 Å². The van der Waals surface area contributed by atoms with Crippen LogP contribution in [-0.2, 0) is 0 Å². The first kappa shape index (κ1) is 11.6. The van der Waals surface area contributed by atoms with Crippen LogP contribution < -0.4 is 0 Å². The summed E-state index contributed by atoms with van der Waals surface area (Å²) in [5.41, 5.74) is 1.57. The molecule has 90 valence electrons. The maximum atomic E-state index is 13.8. The van der Waals surface area contributed by atoms with Gasteiger partial charge in [0, 0.05) is 28.0 Å². The van der Waals surface area contributed by atoms with Gasteiger partial charge in [-0.25, -0.2) is 4.39 Å². The summed E-state index contributed by atoms with van der Waals surface area (Å²) in [4.78, 5) is 15.2. The van der Waals surface area contributed by atoms with E-state index < -0.39 is 0 Å². The Bertz CT molecular complexity index is 746. The summed E-state index contributed by atoms with van der Waals surface area (Å²) in [6.07, 6.45) is 1.56. The highest BCUT2D eigenvalue weighted by Gasteiger charge is 2.17. The fraction of sp³-hybridized carbons (Fsp3) is 0. The van der Waals surface area contributed by atoms with Crippen molar-refractivity contribution >= 4 is 44.0 Å². The first-order chi connectivity index (χ1) is 8.66. The molecule has 1 N–H and O–H groups in total. The third-order valence-electron chi connectivity index (χ3n) is 2.73. The number of H-pyrrole nitrogens is 1. The van der Waals surface area contributed by atoms with E-state index >= 15 is 0 Å². The number of carbonyl (C=O) groups excluding carboxylic acids is 1. The number of aromatic amines is 1. The molecular weight excluding hydrogens is 317 g/mol. The molecule has 0 spiro atoms. The molecule has 3 rings (SSSR count). The molecule has 0 radical (unpaired) electrons. The Morgan fingerprint density at radius 3 is 2.94 bits per heavy atom. The van der Waals surface area contributed by atoms with Gasteiger partial charge in [-0.1, -0.05) is 6.07 Å². The summed E-state index contributed by atoms with van der Waals surface area (Å²) in [5.74, 6) is -0.556. The molecule has 3 aromatic rings. The van der Waals surface area contributed by atoms with Crippen LogP contribution in [-0.4, -0.2) is 10.8 Å². The van der Waals surface area contributed by atoms with Gasteiger partial charge in [-0.15, -0.1) is 11.3 Å². The minimum absolute atomic E-state index is 0.173. The molecule has 0 saturated heterocycles. The normalized spacial score (nSPS) is 11.0. The van der Waals surface area contributed by atoms with E-state index in [-0.39, 0.29) is 11.6 Å². The fourth-order valence-electron chi connectivity index (χ4n) is 1.90. The summed E-state index contributed by atoms with van der Waals surface area (Å²) in [5, 5.41) is 2.11. The van der Waals surface area contributed by atoms with Gasteiger partial charge >= 0.3 is 0 Å². The lowest BCUT2D eigenvalue weighted by Gasteiger charge is -1.97. The molecule has 0 fully saturated rings. The highest BCUT2D eigenvalue weighted by molar-refractivity contribution is 9.11. The van der Waals surface area contributed by atoms with Crippen LogP contribution in [0.3, 0.4) is 0 Å². The fourth-order valence-corrected chi connectivity index (χ4v) is 3.04. The molecule has 18 heavy (non-hydrogen) atoms. The molecule has 0 aliphatic rings. The third-order valence-corrected chi connectivity index (χ3v) is 4.23. The molecule has 2 heterocycles. The van der Waals surface area contributed by atoms with Gasteiger partial charge in [0.25, 0.3) is 0 Å².